The third kappa shape index (κ3) is 2.47. The molecule has 0 saturated heterocycles. The molecule has 1 aliphatic rings. The van der Waals surface area contributed by atoms with Crippen LogP contribution in [-0.2, 0) is 6.42 Å². The van der Waals surface area contributed by atoms with Crippen molar-refractivity contribution >= 4 is 0 Å². The van der Waals surface area contributed by atoms with Gasteiger partial charge < -0.3 is 5.32 Å². The van der Waals surface area contributed by atoms with Gasteiger partial charge in [-0.1, -0.05) is 52.3 Å². The highest BCUT2D eigenvalue weighted by Crippen LogP contribution is 2.44. The van der Waals surface area contributed by atoms with Crippen molar-refractivity contribution in [2.75, 3.05) is 6.54 Å². The van der Waals surface area contributed by atoms with Crippen molar-refractivity contribution in [3.05, 3.63) is 34.9 Å². The molecular weight excluding hydrogens is 218 g/mol. The van der Waals surface area contributed by atoms with Crippen LogP contribution in [0.25, 0.3) is 0 Å². The van der Waals surface area contributed by atoms with E-state index in [1.54, 1.807) is 11.1 Å². The maximum Gasteiger partial charge on any atom is 0.0354 e. The number of benzene rings is 1. The average molecular weight is 245 g/mol. The molecule has 0 bridgehead atoms. The second kappa shape index (κ2) is 5.88. The standard InChI is InChI=1S/C17H27N/c1-5-7-14-8-9-15-12(3)13(4)17(16(15)11-14)18-10-6-2/h8-9,11-13,17-18H,5-7,10H2,1-4H3. The van der Waals surface area contributed by atoms with E-state index < -0.39 is 0 Å². The fourth-order valence-electron chi connectivity index (χ4n) is 3.20. The van der Waals surface area contributed by atoms with Gasteiger partial charge in [0.05, 0.1) is 0 Å². The van der Waals surface area contributed by atoms with Gasteiger partial charge in [0, 0.05) is 6.04 Å². The molecule has 0 radical (unpaired) electrons. The van der Waals surface area contributed by atoms with Crippen molar-refractivity contribution in [2.24, 2.45) is 5.92 Å². The van der Waals surface area contributed by atoms with E-state index >= 15 is 0 Å². The minimum Gasteiger partial charge on any atom is -0.310 e. The molecule has 1 aliphatic carbocycles. The van der Waals surface area contributed by atoms with E-state index in [0.29, 0.717) is 17.9 Å². The molecule has 3 unspecified atom stereocenters. The van der Waals surface area contributed by atoms with E-state index in [2.05, 4.69) is 51.2 Å². The summed E-state index contributed by atoms with van der Waals surface area (Å²) in [6.45, 7) is 10.4. The summed E-state index contributed by atoms with van der Waals surface area (Å²) in [6, 6.07) is 7.71. The Bertz CT molecular complexity index is 397. The molecule has 1 aromatic rings. The number of hydrogen-bond donors (Lipinski definition) is 1. The van der Waals surface area contributed by atoms with Crippen LogP contribution in [0, 0.1) is 5.92 Å². The lowest BCUT2D eigenvalue weighted by Gasteiger charge is -2.20. The molecule has 1 heteroatoms. The van der Waals surface area contributed by atoms with Crippen molar-refractivity contribution in [1.82, 2.24) is 5.32 Å². The van der Waals surface area contributed by atoms with Gasteiger partial charge in [0.15, 0.2) is 0 Å². The van der Waals surface area contributed by atoms with E-state index in [-0.39, 0.29) is 0 Å². The lowest BCUT2D eigenvalue weighted by atomic mass is 9.94. The van der Waals surface area contributed by atoms with Gasteiger partial charge in [-0.25, -0.2) is 0 Å². The molecular formula is C17H27N. The van der Waals surface area contributed by atoms with Crippen molar-refractivity contribution < 1.29 is 0 Å². The van der Waals surface area contributed by atoms with Crippen LogP contribution in [0.4, 0.5) is 0 Å². The maximum absolute atomic E-state index is 3.74. The highest BCUT2D eigenvalue weighted by molar-refractivity contribution is 5.41. The molecule has 0 aliphatic heterocycles. The van der Waals surface area contributed by atoms with Gasteiger partial charge in [-0.2, -0.15) is 0 Å². The Labute approximate surface area is 112 Å². The summed E-state index contributed by atoms with van der Waals surface area (Å²) in [4.78, 5) is 0. The minimum atomic E-state index is 0.562. The summed E-state index contributed by atoms with van der Waals surface area (Å²) >= 11 is 0. The molecule has 0 fully saturated rings. The smallest absolute Gasteiger partial charge is 0.0354 e. The van der Waals surface area contributed by atoms with Crippen LogP contribution in [-0.4, -0.2) is 6.54 Å². The maximum atomic E-state index is 3.74. The lowest BCUT2D eigenvalue weighted by Crippen LogP contribution is -2.25. The molecule has 3 atom stereocenters. The van der Waals surface area contributed by atoms with Crippen LogP contribution in [0.3, 0.4) is 0 Å². The largest absolute Gasteiger partial charge is 0.310 e. The molecule has 0 saturated carbocycles. The highest BCUT2D eigenvalue weighted by Gasteiger charge is 2.34. The zero-order valence-corrected chi connectivity index (χ0v) is 12.3. The van der Waals surface area contributed by atoms with Crippen LogP contribution in [0.2, 0.25) is 0 Å². The average Bonchev–Trinajstić information content (AvgIpc) is 2.60. The fourth-order valence-corrected chi connectivity index (χ4v) is 3.20. The SMILES string of the molecule is CCCNC1c2cc(CCC)ccc2C(C)C1C. The predicted molar refractivity (Wildman–Crippen MR) is 79.1 cm³/mol. The van der Waals surface area contributed by atoms with Crippen molar-refractivity contribution in [1.29, 1.82) is 0 Å². The first-order chi connectivity index (χ1) is 8.69. The number of hydrogen-bond acceptors (Lipinski definition) is 1. The zero-order chi connectivity index (χ0) is 13.1. The summed E-state index contributed by atoms with van der Waals surface area (Å²) in [6.07, 6.45) is 3.65. The molecule has 0 heterocycles. The first-order valence-electron chi connectivity index (χ1n) is 7.55. The number of fused-ring (bicyclic) bond motifs is 1. The van der Waals surface area contributed by atoms with Gasteiger partial charge in [0.1, 0.15) is 0 Å². The molecule has 1 aromatic carbocycles. The van der Waals surface area contributed by atoms with E-state index in [4.69, 9.17) is 0 Å². The third-order valence-electron chi connectivity index (χ3n) is 4.44. The number of aryl methyl sites for hydroxylation is 1. The van der Waals surface area contributed by atoms with Crippen LogP contribution in [0.1, 0.15) is 69.2 Å². The molecule has 1 N–H and O–H groups in total. The van der Waals surface area contributed by atoms with Crippen molar-refractivity contribution in [3.63, 3.8) is 0 Å². The topological polar surface area (TPSA) is 12.0 Å². The van der Waals surface area contributed by atoms with Gasteiger partial charge in [-0.05, 0) is 47.9 Å². The van der Waals surface area contributed by atoms with Crippen molar-refractivity contribution in [3.8, 4) is 0 Å². The second-order valence-corrected chi connectivity index (χ2v) is 5.79. The van der Waals surface area contributed by atoms with E-state index in [1.807, 2.05) is 0 Å². The molecule has 2 rings (SSSR count). The minimum absolute atomic E-state index is 0.562. The summed E-state index contributed by atoms with van der Waals surface area (Å²) in [5, 5.41) is 3.74. The highest BCUT2D eigenvalue weighted by atomic mass is 14.9. The van der Waals surface area contributed by atoms with Crippen LogP contribution in [0.5, 0.6) is 0 Å². The first-order valence-corrected chi connectivity index (χ1v) is 7.55. The molecule has 100 valence electrons. The Balaban J connectivity index is 2.28. The van der Waals surface area contributed by atoms with Gasteiger partial charge in [0.2, 0.25) is 0 Å². The summed E-state index contributed by atoms with van der Waals surface area (Å²) in [7, 11) is 0. The van der Waals surface area contributed by atoms with E-state index in [0.717, 1.165) is 6.54 Å². The van der Waals surface area contributed by atoms with Crippen LogP contribution >= 0.6 is 0 Å². The summed E-state index contributed by atoms with van der Waals surface area (Å²) in [5.41, 5.74) is 4.63. The van der Waals surface area contributed by atoms with Gasteiger partial charge >= 0.3 is 0 Å². The summed E-state index contributed by atoms with van der Waals surface area (Å²) < 4.78 is 0. The second-order valence-electron chi connectivity index (χ2n) is 5.79. The zero-order valence-electron chi connectivity index (χ0n) is 12.3. The molecule has 0 amide bonds. The third-order valence-corrected chi connectivity index (χ3v) is 4.44. The Kier molecular flexibility index (Phi) is 4.45. The van der Waals surface area contributed by atoms with Gasteiger partial charge in [-0.15, -0.1) is 0 Å². The quantitative estimate of drug-likeness (QED) is 0.809. The fraction of sp³-hybridized carbons (Fsp3) is 0.647. The Morgan fingerprint density at radius 1 is 1.06 bits per heavy atom. The monoisotopic (exact) mass is 245 g/mol. The molecule has 1 nitrogen and oxygen atoms in total. The molecule has 0 spiro atoms. The normalized spacial score (nSPS) is 26.3. The van der Waals surface area contributed by atoms with E-state index in [1.165, 1.54) is 24.8 Å². The van der Waals surface area contributed by atoms with Crippen LogP contribution < -0.4 is 5.32 Å². The number of rotatable bonds is 5. The van der Waals surface area contributed by atoms with Gasteiger partial charge in [0.25, 0.3) is 0 Å². The Morgan fingerprint density at radius 2 is 1.83 bits per heavy atom. The molecule has 0 aromatic heterocycles. The van der Waals surface area contributed by atoms with Crippen LogP contribution in [0.15, 0.2) is 18.2 Å². The summed E-state index contributed by atoms with van der Waals surface area (Å²) in [5.74, 6) is 1.40. The lowest BCUT2D eigenvalue weighted by molar-refractivity contribution is 0.380. The Hall–Kier alpha value is -0.820. The first kappa shape index (κ1) is 13.6. The van der Waals surface area contributed by atoms with Crippen molar-refractivity contribution in [2.45, 2.75) is 58.9 Å². The Morgan fingerprint density at radius 3 is 2.50 bits per heavy atom. The van der Waals surface area contributed by atoms with E-state index in [9.17, 15) is 0 Å². The molecule has 18 heavy (non-hydrogen) atoms. The van der Waals surface area contributed by atoms with Gasteiger partial charge in [-0.3, -0.25) is 0 Å². The number of nitrogens with one attached hydrogen (secondary N) is 1. The predicted octanol–water partition coefficient (Wildman–Crippen LogP) is 4.43.